The number of anilines is 1. The number of phenols is 1. The molecule has 1 atom stereocenters. The second-order valence-corrected chi connectivity index (χ2v) is 8.66. The van der Waals surface area contributed by atoms with Crippen LogP contribution in [0.1, 0.15) is 17.3 Å². The largest absolute Gasteiger partial charge is 0.502 e. The summed E-state index contributed by atoms with van der Waals surface area (Å²) >= 11 is 1.45. The van der Waals surface area contributed by atoms with Crippen LogP contribution in [0.4, 0.5) is 5.69 Å². The lowest BCUT2D eigenvalue weighted by Gasteiger charge is -2.23. The van der Waals surface area contributed by atoms with Crippen molar-refractivity contribution in [2.45, 2.75) is 17.1 Å². The summed E-state index contributed by atoms with van der Waals surface area (Å²) in [5.41, 5.74) is 3.60. The van der Waals surface area contributed by atoms with Crippen molar-refractivity contribution < 1.29 is 19.3 Å². The van der Waals surface area contributed by atoms with Crippen LogP contribution >= 0.6 is 11.8 Å². The predicted molar refractivity (Wildman–Crippen MR) is 129 cm³/mol. The van der Waals surface area contributed by atoms with E-state index in [4.69, 9.17) is 14.6 Å². The molecule has 0 fully saturated rings. The minimum Gasteiger partial charge on any atom is -0.502 e. The molecule has 0 amide bonds. The van der Waals surface area contributed by atoms with Crippen molar-refractivity contribution in [2.75, 3.05) is 19.5 Å². The minimum absolute atomic E-state index is 0.0897. The maximum Gasteiger partial charge on any atom is 0.325 e. The number of H-pyrrole nitrogens is 1. The summed E-state index contributed by atoms with van der Waals surface area (Å²) in [7, 11) is 2.95. The summed E-state index contributed by atoms with van der Waals surface area (Å²) in [5, 5.41) is 19.1. The smallest absolute Gasteiger partial charge is 0.325 e. The lowest BCUT2D eigenvalue weighted by Crippen LogP contribution is -2.55. The first-order valence-electron chi connectivity index (χ1n) is 10.6. The Labute approximate surface area is 200 Å². The molecule has 1 aliphatic rings. The third-order valence-electron chi connectivity index (χ3n) is 5.62. The second kappa shape index (κ2) is 9.11. The monoisotopic (exact) mass is 475 g/mol. The van der Waals surface area contributed by atoms with E-state index in [1.165, 1.54) is 26.0 Å². The molecule has 0 spiro atoms. The van der Waals surface area contributed by atoms with Gasteiger partial charge in [0.2, 0.25) is 10.9 Å². The van der Waals surface area contributed by atoms with Gasteiger partial charge in [0.25, 0.3) is 6.17 Å². The van der Waals surface area contributed by atoms with Crippen molar-refractivity contribution in [3.63, 3.8) is 0 Å². The number of nitrogens with zero attached hydrogens (tertiary/aromatic N) is 2. The van der Waals surface area contributed by atoms with Gasteiger partial charge in [-0.25, -0.2) is 0 Å². The quantitative estimate of drug-likeness (QED) is 0.289. The molecule has 9 heteroatoms. The van der Waals surface area contributed by atoms with E-state index < -0.39 is 6.17 Å². The van der Waals surface area contributed by atoms with Crippen molar-refractivity contribution in [3.05, 3.63) is 88.2 Å². The maximum absolute atomic E-state index is 13.3. The highest BCUT2D eigenvalue weighted by atomic mass is 32.2. The van der Waals surface area contributed by atoms with E-state index in [2.05, 4.69) is 10.3 Å². The van der Waals surface area contributed by atoms with Crippen molar-refractivity contribution >= 4 is 17.4 Å². The molecule has 0 aliphatic carbocycles. The van der Waals surface area contributed by atoms with Crippen LogP contribution in [0, 0.1) is 0 Å². The highest BCUT2D eigenvalue weighted by molar-refractivity contribution is 7.98. The Morgan fingerprint density at radius 3 is 2.41 bits per heavy atom. The molecule has 0 saturated heterocycles. The van der Waals surface area contributed by atoms with E-state index >= 15 is 0 Å². The second-order valence-electron chi connectivity index (χ2n) is 7.69. The molecule has 1 aromatic heterocycles. The number of rotatable bonds is 6. The van der Waals surface area contributed by atoms with Crippen LogP contribution in [0.25, 0.3) is 11.3 Å². The average molecular weight is 476 g/mol. The number of aromatic nitrogens is 3. The van der Waals surface area contributed by atoms with Crippen LogP contribution in [-0.2, 0) is 5.75 Å². The summed E-state index contributed by atoms with van der Waals surface area (Å²) in [4.78, 5) is 16.2. The molecule has 2 heterocycles. The van der Waals surface area contributed by atoms with E-state index in [1.54, 1.807) is 16.8 Å². The molecular formula is C25H23N4O4S+. The van der Waals surface area contributed by atoms with E-state index in [0.717, 1.165) is 16.8 Å². The average Bonchev–Trinajstić information content (AvgIpc) is 2.87. The molecule has 3 aromatic carbocycles. The number of nitrogens with one attached hydrogen (secondary N) is 2. The van der Waals surface area contributed by atoms with E-state index in [-0.39, 0.29) is 22.8 Å². The minimum atomic E-state index is -0.535. The van der Waals surface area contributed by atoms with Gasteiger partial charge >= 0.3 is 11.3 Å². The third-order valence-corrected chi connectivity index (χ3v) is 6.55. The van der Waals surface area contributed by atoms with Gasteiger partial charge < -0.3 is 19.9 Å². The van der Waals surface area contributed by atoms with Crippen LogP contribution in [0.2, 0.25) is 0 Å². The van der Waals surface area contributed by atoms with Gasteiger partial charge in [-0.3, -0.25) is 9.78 Å². The molecule has 172 valence electrons. The number of hydrogen-bond acceptors (Lipinski definition) is 7. The Morgan fingerprint density at radius 2 is 1.71 bits per heavy atom. The maximum atomic E-state index is 13.3. The summed E-state index contributed by atoms with van der Waals surface area (Å²) in [6.07, 6.45) is -0.535. The Bertz CT molecular complexity index is 1380. The van der Waals surface area contributed by atoms with Gasteiger partial charge in [-0.15, -0.1) is 0 Å². The Kier molecular flexibility index (Phi) is 5.85. The first-order valence-corrected chi connectivity index (χ1v) is 11.6. The molecule has 5 rings (SSSR count). The number of para-hydroxylation sites is 1. The van der Waals surface area contributed by atoms with Crippen molar-refractivity contribution in [3.8, 4) is 28.5 Å². The fourth-order valence-corrected chi connectivity index (χ4v) is 4.78. The van der Waals surface area contributed by atoms with Gasteiger partial charge in [0, 0.05) is 10.9 Å². The number of benzene rings is 3. The Hall–Kier alpha value is -3.98. The van der Waals surface area contributed by atoms with Gasteiger partial charge in [-0.1, -0.05) is 54.2 Å². The molecule has 0 saturated carbocycles. The summed E-state index contributed by atoms with van der Waals surface area (Å²) in [6.45, 7) is 0. The fraction of sp³-hybridized carbons (Fsp3) is 0.160. The number of aromatic hydroxyl groups is 1. The normalized spacial score (nSPS) is 14.0. The zero-order valence-electron chi connectivity index (χ0n) is 18.6. The number of fused-ring (bicyclic) bond motifs is 3. The van der Waals surface area contributed by atoms with Gasteiger partial charge in [0.15, 0.2) is 11.5 Å². The number of ether oxygens (including phenoxy) is 2. The number of phenolic OH excluding ortho intramolecular Hbond substituents is 1. The molecule has 8 nitrogen and oxygen atoms in total. The van der Waals surface area contributed by atoms with Crippen molar-refractivity contribution in [1.82, 2.24) is 10.1 Å². The zero-order chi connectivity index (χ0) is 23.7. The zero-order valence-corrected chi connectivity index (χ0v) is 19.4. The first-order chi connectivity index (χ1) is 16.6. The van der Waals surface area contributed by atoms with Crippen LogP contribution < -0.4 is 25.0 Å². The topological polar surface area (TPSA) is 100 Å². The molecular weight excluding hydrogens is 452 g/mol. The van der Waals surface area contributed by atoms with Gasteiger partial charge in [0.05, 0.1) is 31.0 Å². The lowest BCUT2D eigenvalue weighted by molar-refractivity contribution is -0.759. The molecule has 0 bridgehead atoms. The summed E-state index contributed by atoms with van der Waals surface area (Å²) in [6, 6.07) is 21.0. The lowest BCUT2D eigenvalue weighted by atomic mass is 10.0. The van der Waals surface area contributed by atoms with Gasteiger partial charge in [0.1, 0.15) is 0 Å². The standard InChI is InChI=1S/C25H22N4O4S/c1-32-19-12-16(13-20(33-2)22(19)30)23-26-18-11-7-6-10-17(18)21-24(31)27-25(28-29(21)23)34-14-15-8-4-3-5-9-15/h3-13,23H,14H2,1-2H3,(H2,27,28,30,31)/p+1/t23-/m0/s1. The predicted octanol–water partition coefficient (Wildman–Crippen LogP) is 3.71. The number of aromatic amines is 1. The Balaban J connectivity index is 1.63. The summed E-state index contributed by atoms with van der Waals surface area (Å²) in [5.74, 6) is 1.10. The SMILES string of the molecule is COc1cc([C@H]2Nc3ccccc3-c3c(=O)[nH]c(SCc4ccccc4)n[n+]32)cc(OC)c1O. The van der Waals surface area contributed by atoms with Crippen LogP contribution in [-0.4, -0.2) is 29.4 Å². The number of methoxy groups -OCH3 is 2. The van der Waals surface area contributed by atoms with Crippen LogP contribution in [0.3, 0.4) is 0 Å². The molecule has 4 aromatic rings. The fourth-order valence-electron chi connectivity index (χ4n) is 3.98. The van der Waals surface area contributed by atoms with Crippen LogP contribution in [0.5, 0.6) is 17.2 Å². The highest BCUT2D eigenvalue weighted by Crippen LogP contribution is 2.40. The van der Waals surface area contributed by atoms with Crippen molar-refractivity contribution in [1.29, 1.82) is 0 Å². The van der Waals surface area contributed by atoms with Crippen molar-refractivity contribution in [2.24, 2.45) is 0 Å². The number of thioether (sulfide) groups is 1. The van der Waals surface area contributed by atoms with E-state index in [1.807, 2.05) is 54.6 Å². The highest BCUT2D eigenvalue weighted by Gasteiger charge is 2.38. The number of hydrogen-bond donors (Lipinski definition) is 3. The van der Waals surface area contributed by atoms with Crippen LogP contribution in [0.15, 0.2) is 76.7 Å². The molecule has 34 heavy (non-hydrogen) atoms. The first kappa shape index (κ1) is 21.8. The molecule has 0 unspecified atom stereocenters. The van der Waals surface area contributed by atoms with E-state index in [9.17, 15) is 9.90 Å². The van der Waals surface area contributed by atoms with E-state index in [0.29, 0.717) is 22.2 Å². The third kappa shape index (κ3) is 3.94. The molecule has 3 N–H and O–H groups in total. The molecule has 0 radical (unpaired) electrons. The van der Waals surface area contributed by atoms with Gasteiger partial charge in [-0.2, -0.15) is 0 Å². The molecule has 1 aliphatic heterocycles. The Morgan fingerprint density at radius 1 is 1.03 bits per heavy atom. The van der Waals surface area contributed by atoms with Gasteiger partial charge in [-0.05, 0) is 34.5 Å². The summed E-state index contributed by atoms with van der Waals surface area (Å²) < 4.78 is 12.4.